The van der Waals surface area contributed by atoms with Crippen LogP contribution in [0.25, 0.3) is 0 Å². The van der Waals surface area contributed by atoms with Crippen LogP contribution >= 0.6 is 22.9 Å². The molecular weight excluding hydrogens is 329 g/mol. The Balaban J connectivity index is 1.90. The number of benzene rings is 1. The third kappa shape index (κ3) is 3.67. The van der Waals surface area contributed by atoms with E-state index in [4.69, 9.17) is 4.74 Å². The predicted octanol–water partition coefficient (Wildman–Crippen LogP) is 2.67. The lowest BCUT2D eigenvalue weighted by molar-refractivity contribution is -0.116. The van der Waals surface area contributed by atoms with Gasteiger partial charge in [-0.05, 0) is 24.6 Å². The molecule has 0 bridgehead atoms. The first-order valence-electron chi connectivity index (χ1n) is 5.78. The molecule has 1 aliphatic carbocycles. The van der Waals surface area contributed by atoms with Crippen LogP contribution < -0.4 is 8.27 Å². The summed E-state index contributed by atoms with van der Waals surface area (Å²) in [6, 6.07) is 8.41. The number of carbonyl (C=O) groups excluding carboxylic acids is 1. The summed E-state index contributed by atoms with van der Waals surface area (Å²) in [4.78, 5) is 11.0. The van der Waals surface area contributed by atoms with Crippen molar-refractivity contribution in [3.8, 4) is 5.75 Å². The molecule has 1 aliphatic rings. The Kier molecular flexibility index (Phi) is 4.39. The monoisotopic (exact) mass is 345 g/mol. The maximum Gasteiger partial charge on any atom is 0.134 e. The maximum atomic E-state index is 11.0. The van der Waals surface area contributed by atoms with E-state index in [2.05, 4.69) is 26.4 Å². The van der Waals surface area contributed by atoms with Crippen LogP contribution in [0.2, 0.25) is 0 Å². The molecule has 3 nitrogen and oxygen atoms in total. The van der Waals surface area contributed by atoms with Gasteiger partial charge in [0.1, 0.15) is 17.6 Å². The molecule has 0 aliphatic heterocycles. The Bertz CT molecular complexity index is 402. The third-order valence-corrected chi connectivity index (χ3v) is 3.78. The Labute approximate surface area is 115 Å². The Morgan fingerprint density at radius 3 is 2.94 bits per heavy atom. The van der Waals surface area contributed by atoms with Crippen LogP contribution in [0.3, 0.4) is 0 Å². The van der Waals surface area contributed by atoms with Gasteiger partial charge in [-0.2, -0.15) is 0 Å². The first-order valence-corrected chi connectivity index (χ1v) is 6.86. The van der Waals surface area contributed by atoms with E-state index in [9.17, 15) is 4.79 Å². The Morgan fingerprint density at radius 2 is 2.29 bits per heavy atom. The predicted molar refractivity (Wildman–Crippen MR) is 75.4 cm³/mol. The molecule has 0 aromatic heterocycles. The van der Waals surface area contributed by atoms with Gasteiger partial charge in [-0.1, -0.05) is 12.1 Å². The van der Waals surface area contributed by atoms with Crippen molar-refractivity contribution in [2.75, 3.05) is 0 Å². The van der Waals surface area contributed by atoms with Gasteiger partial charge >= 0.3 is 0 Å². The van der Waals surface area contributed by atoms with E-state index in [-0.39, 0.29) is 5.78 Å². The fourth-order valence-corrected chi connectivity index (χ4v) is 2.47. The van der Waals surface area contributed by atoms with Gasteiger partial charge in [0.15, 0.2) is 0 Å². The molecule has 0 radical (unpaired) electrons. The summed E-state index contributed by atoms with van der Waals surface area (Å²) in [5.74, 6) is 1.06. The number of hydrogen-bond donors (Lipinski definition) is 1. The molecule has 2 rings (SSSR count). The zero-order valence-corrected chi connectivity index (χ0v) is 11.9. The SMILES string of the molecule is CC(=O)Cc1cccc(OC2CC(NI)C2)c1. The number of hydrogen-bond acceptors (Lipinski definition) is 3. The van der Waals surface area contributed by atoms with Crippen molar-refractivity contribution in [3.63, 3.8) is 0 Å². The average molecular weight is 345 g/mol. The zero-order chi connectivity index (χ0) is 12.3. The van der Waals surface area contributed by atoms with Crippen LogP contribution in [-0.2, 0) is 11.2 Å². The number of halogens is 1. The van der Waals surface area contributed by atoms with Crippen molar-refractivity contribution in [1.29, 1.82) is 0 Å². The number of ketones is 1. The van der Waals surface area contributed by atoms with Gasteiger partial charge in [0, 0.05) is 48.2 Å². The highest BCUT2D eigenvalue weighted by molar-refractivity contribution is 14.1. The summed E-state index contributed by atoms with van der Waals surface area (Å²) >= 11 is 2.18. The first-order chi connectivity index (χ1) is 8.17. The molecule has 1 saturated carbocycles. The van der Waals surface area contributed by atoms with Gasteiger partial charge < -0.3 is 4.74 Å². The molecule has 0 saturated heterocycles. The second-order valence-electron chi connectivity index (χ2n) is 4.54. The van der Waals surface area contributed by atoms with Gasteiger partial charge in [0.2, 0.25) is 0 Å². The number of Topliss-reactive ketones (excluding diaryl/α,β-unsaturated/α-hetero) is 1. The fourth-order valence-electron chi connectivity index (χ4n) is 1.96. The van der Waals surface area contributed by atoms with Gasteiger partial charge in [-0.15, -0.1) is 0 Å². The molecule has 0 amide bonds. The summed E-state index contributed by atoms with van der Waals surface area (Å²) in [5, 5.41) is 0. The van der Waals surface area contributed by atoms with E-state index >= 15 is 0 Å². The van der Waals surface area contributed by atoms with E-state index in [1.54, 1.807) is 6.92 Å². The molecule has 1 N–H and O–H groups in total. The fraction of sp³-hybridized carbons (Fsp3) is 0.462. The van der Waals surface area contributed by atoms with Crippen LogP contribution in [-0.4, -0.2) is 17.9 Å². The number of rotatable bonds is 5. The Hall–Kier alpha value is -0.620. The van der Waals surface area contributed by atoms with Crippen molar-refractivity contribution in [2.45, 2.75) is 38.3 Å². The van der Waals surface area contributed by atoms with Gasteiger partial charge in [0.25, 0.3) is 0 Å². The highest BCUT2D eigenvalue weighted by atomic mass is 127. The molecule has 0 atom stereocenters. The molecule has 0 heterocycles. The van der Waals surface area contributed by atoms with E-state index in [1.165, 1.54) is 0 Å². The second kappa shape index (κ2) is 5.82. The minimum atomic E-state index is 0.181. The molecule has 92 valence electrons. The lowest BCUT2D eigenvalue weighted by Gasteiger charge is -2.34. The minimum Gasteiger partial charge on any atom is -0.490 e. The highest BCUT2D eigenvalue weighted by Gasteiger charge is 2.29. The van der Waals surface area contributed by atoms with Crippen molar-refractivity contribution in [2.24, 2.45) is 0 Å². The van der Waals surface area contributed by atoms with Crippen molar-refractivity contribution >= 4 is 28.6 Å². The summed E-state index contributed by atoms with van der Waals surface area (Å²) in [6.45, 7) is 1.61. The summed E-state index contributed by atoms with van der Waals surface area (Å²) < 4.78 is 9.05. The molecule has 0 unspecified atom stereocenters. The molecule has 17 heavy (non-hydrogen) atoms. The third-order valence-electron chi connectivity index (χ3n) is 2.90. The zero-order valence-electron chi connectivity index (χ0n) is 9.78. The standard InChI is InChI=1S/C13H16INO2/c1-9(16)5-10-3-2-4-12(6-10)17-13-7-11(8-13)15-14/h2-4,6,11,13,15H,5,7-8H2,1H3. The summed E-state index contributed by atoms with van der Waals surface area (Å²) in [5.41, 5.74) is 1.03. The van der Waals surface area contributed by atoms with Gasteiger partial charge in [-0.3, -0.25) is 8.32 Å². The number of ether oxygens (including phenoxy) is 1. The van der Waals surface area contributed by atoms with E-state index in [0.29, 0.717) is 18.6 Å². The average Bonchev–Trinajstić information content (AvgIpc) is 2.22. The van der Waals surface area contributed by atoms with Crippen molar-refractivity contribution in [1.82, 2.24) is 3.53 Å². The van der Waals surface area contributed by atoms with E-state index in [0.717, 1.165) is 24.2 Å². The lowest BCUT2D eigenvalue weighted by atomic mass is 9.90. The minimum absolute atomic E-state index is 0.181. The van der Waals surface area contributed by atoms with Crippen molar-refractivity contribution in [3.05, 3.63) is 29.8 Å². The quantitative estimate of drug-likeness (QED) is 0.659. The summed E-state index contributed by atoms with van der Waals surface area (Å²) in [7, 11) is 0. The molecular formula is C13H16INO2. The second-order valence-corrected chi connectivity index (χ2v) is 5.17. The number of carbonyl (C=O) groups is 1. The molecule has 1 fully saturated rings. The normalized spacial score (nSPS) is 22.9. The topological polar surface area (TPSA) is 38.3 Å². The molecule has 1 aromatic rings. The van der Waals surface area contributed by atoms with Crippen LogP contribution in [0.1, 0.15) is 25.3 Å². The van der Waals surface area contributed by atoms with E-state index < -0.39 is 0 Å². The molecule has 4 heteroatoms. The van der Waals surface area contributed by atoms with Crippen LogP contribution in [0.5, 0.6) is 5.75 Å². The van der Waals surface area contributed by atoms with E-state index in [1.807, 2.05) is 24.3 Å². The lowest BCUT2D eigenvalue weighted by Crippen LogP contribution is -2.43. The first kappa shape index (κ1) is 12.8. The largest absolute Gasteiger partial charge is 0.490 e. The van der Waals surface area contributed by atoms with Crippen LogP contribution in [0, 0.1) is 0 Å². The summed E-state index contributed by atoms with van der Waals surface area (Å²) in [6.07, 6.45) is 2.91. The number of nitrogens with one attached hydrogen (secondary N) is 1. The Morgan fingerprint density at radius 1 is 1.53 bits per heavy atom. The molecule has 0 spiro atoms. The maximum absolute atomic E-state index is 11.0. The van der Waals surface area contributed by atoms with Crippen LogP contribution in [0.4, 0.5) is 0 Å². The highest BCUT2D eigenvalue weighted by Crippen LogP contribution is 2.27. The van der Waals surface area contributed by atoms with Gasteiger partial charge in [0.05, 0.1) is 0 Å². The van der Waals surface area contributed by atoms with Crippen LogP contribution in [0.15, 0.2) is 24.3 Å². The smallest absolute Gasteiger partial charge is 0.134 e. The van der Waals surface area contributed by atoms with Crippen molar-refractivity contribution < 1.29 is 9.53 Å². The van der Waals surface area contributed by atoms with Gasteiger partial charge in [-0.25, -0.2) is 0 Å². The molecule has 1 aromatic carbocycles.